The van der Waals surface area contributed by atoms with Crippen LogP contribution in [0.25, 0.3) is 0 Å². The average Bonchev–Trinajstić information content (AvgIpc) is 2.78. The van der Waals surface area contributed by atoms with Gasteiger partial charge in [-0.05, 0) is 17.9 Å². The fourth-order valence-corrected chi connectivity index (χ4v) is 3.09. The zero-order valence-corrected chi connectivity index (χ0v) is 13.4. The fourth-order valence-electron chi connectivity index (χ4n) is 2.66. The lowest BCUT2D eigenvalue weighted by Crippen LogP contribution is -2.35. The Morgan fingerprint density at radius 1 is 1.32 bits per heavy atom. The molecule has 7 heteroatoms. The normalized spacial score (nSPS) is 14.5. The monoisotopic (exact) mass is 317 g/mol. The zero-order chi connectivity index (χ0) is 15.4. The van der Waals surface area contributed by atoms with Crippen LogP contribution in [-0.4, -0.2) is 55.7 Å². The van der Waals surface area contributed by atoms with Crippen molar-refractivity contribution in [3.05, 3.63) is 41.7 Å². The number of carbonyl (C=O) groups excluding carboxylic acids is 1. The van der Waals surface area contributed by atoms with E-state index in [-0.39, 0.29) is 5.91 Å². The Balaban J connectivity index is 1.72. The molecular formula is C15H19N5OS. The van der Waals surface area contributed by atoms with Gasteiger partial charge in [0.15, 0.2) is 0 Å². The van der Waals surface area contributed by atoms with Crippen LogP contribution < -0.4 is 0 Å². The van der Waals surface area contributed by atoms with Gasteiger partial charge in [0.25, 0.3) is 0 Å². The van der Waals surface area contributed by atoms with Crippen LogP contribution in [0.1, 0.15) is 17.2 Å². The highest BCUT2D eigenvalue weighted by Gasteiger charge is 2.21. The highest BCUT2D eigenvalue weighted by molar-refractivity contribution is 7.99. The van der Waals surface area contributed by atoms with Gasteiger partial charge >= 0.3 is 0 Å². The van der Waals surface area contributed by atoms with Crippen LogP contribution in [0.3, 0.4) is 0 Å². The number of amides is 1. The predicted molar refractivity (Wildman–Crippen MR) is 85.7 cm³/mol. The second-order valence-corrected chi connectivity index (χ2v) is 6.15. The zero-order valence-electron chi connectivity index (χ0n) is 12.6. The summed E-state index contributed by atoms with van der Waals surface area (Å²) in [5, 5.41) is 8.62. The van der Waals surface area contributed by atoms with E-state index in [1.807, 2.05) is 29.5 Å². The molecule has 2 aromatic rings. The Hall–Kier alpha value is -1.89. The van der Waals surface area contributed by atoms with Gasteiger partial charge < -0.3 is 9.47 Å². The van der Waals surface area contributed by atoms with Gasteiger partial charge in [-0.15, -0.1) is 10.2 Å². The Kier molecular flexibility index (Phi) is 4.72. The molecule has 1 aliphatic heterocycles. The lowest BCUT2D eigenvalue weighted by molar-refractivity contribution is -0.128. The molecular weight excluding hydrogens is 298 g/mol. The van der Waals surface area contributed by atoms with Crippen molar-refractivity contribution < 1.29 is 4.79 Å². The van der Waals surface area contributed by atoms with Gasteiger partial charge in [0.05, 0.1) is 5.75 Å². The van der Waals surface area contributed by atoms with Gasteiger partial charge in [-0.2, -0.15) is 11.8 Å². The second-order valence-electron chi connectivity index (χ2n) is 5.29. The maximum atomic E-state index is 12.1. The molecule has 3 rings (SSSR count). The van der Waals surface area contributed by atoms with Crippen LogP contribution in [0.2, 0.25) is 0 Å². The van der Waals surface area contributed by atoms with Crippen molar-refractivity contribution in [2.45, 2.75) is 19.4 Å². The topological polar surface area (TPSA) is 63.9 Å². The van der Waals surface area contributed by atoms with Gasteiger partial charge in [-0.3, -0.25) is 9.78 Å². The highest BCUT2D eigenvalue weighted by atomic mass is 32.2. The smallest absolute Gasteiger partial charge is 0.232 e. The molecule has 6 nitrogen and oxygen atoms in total. The summed E-state index contributed by atoms with van der Waals surface area (Å²) in [4.78, 5) is 18.1. The first kappa shape index (κ1) is 15.0. The molecule has 0 aromatic carbocycles. The summed E-state index contributed by atoms with van der Waals surface area (Å²) in [6.07, 6.45) is 7.06. The molecule has 0 spiro atoms. The first-order chi connectivity index (χ1) is 10.8. The third kappa shape index (κ3) is 3.30. The summed E-state index contributed by atoms with van der Waals surface area (Å²) in [7, 11) is 0. The number of hydrogen-bond donors (Lipinski definition) is 0. The van der Waals surface area contributed by atoms with E-state index in [1.165, 1.54) is 0 Å². The summed E-state index contributed by atoms with van der Waals surface area (Å²) in [5.41, 5.74) is 1.12. The number of pyridine rings is 1. The van der Waals surface area contributed by atoms with E-state index in [0.29, 0.717) is 5.75 Å². The molecule has 0 bridgehead atoms. The number of aromatic nitrogens is 4. The molecule has 0 saturated carbocycles. The van der Waals surface area contributed by atoms with E-state index in [0.717, 1.165) is 49.7 Å². The first-order valence-corrected chi connectivity index (χ1v) is 8.74. The van der Waals surface area contributed by atoms with E-state index in [1.54, 1.807) is 18.0 Å². The summed E-state index contributed by atoms with van der Waals surface area (Å²) >= 11 is 1.57. The van der Waals surface area contributed by atoms with Crippen LogP contribution in [-0.2, 0) is 24.2 Å². The van der Waals surface area contributed by atoms with Crippen molar-refractivity contribution in [3.63, 3.8) is 0 Å². The van der Waals surface area contributed by atoms with Crippen molar-refractivity contribution in [2.24, 2.45) is 0 Å². The molecule has 116 valence electrons. The lowest BCUT2D eigenvalue weighted by atomic mass is 10.2. The van der Waals surface area contributed by atoms with Crippen LogP contribution in [0.4, 0.5) is 0 Å². The molecule has 0 saturated heterocycles. The summed E-state index contributed by atoms with van der Waals surface area (Å²) in [5.74, 6) is 2.67. The standard InChI is InChI=1S/C15H19N5OS/c1-22-11-15(21)19-6-4-13-17-18-14(20(13)8-7-19)9-12-3-2-5-16-10-12/h2-3,5,10H,4,6-9,11H2,1H3. The SMILES string of the molecule is CSCC(=O)N1CCc2nnc(Cc3cccnc3)n2CC1. The minimum absolute atomic E-state index is 0.208. The molecule has 0 fully saturated rings. The van der Waals surface area contributed by atoms with Crippen LogP contribution >= 0.6 is 11.8 Å². The number of hydrogen-bond acceptors (Lipinski definition) is 5. The molecule has 1 aliphatic rings. The highest BCUT2D eigenvalue weighted by Crippen LogP contribution is 2.13. The fraction of sp³-hybridized carbons (Fsp3) is 0.467. The second kappa shape index (κ2) is 6.91. The third-order valence-electron chi connectivity index (χ3n) is 3.81. The van der Waals surface area contributed by atoms with Gasteiger partial charge in [0.2, 0.25) is 5.91 Å². The molecule has 3 heterocycles. The quantitative estimate of drug-likeness (QED) is 0.842. The molecule has 0 aliphatic carbocycles. The molecule has 0 atom stereocenters. The molecule has 1 amide bonds. The number of rotatable bonds is 4. The van der Waals surface area contributed by atoms with Crippen molar-refractivity contribution in [1.82, 2.24) is 24.6 Å². The number of carbonyl (C=O) groups is 1. The Morgan fingerprint density at radius 2 is 2.23 bits per heavy atom. The number of thioether (sulfide) groups is 1. The number of nitrogens with zero attached hydrogens (tertiary/aromatic N) is 5. The molecule has 0 unspecified atom stereocenters. The van der Waals surface area contributed by atoms with Crippen LogP contribution in [0.5, 0.6) is 0 Å². The van der Waals surface area contributed by atoms with Crippen molar-refractivity contribution >= 4 is 17.7 Å². The van der Waals surface area contributed by atoms with E-state index >= 15 is 0 Å². The summed E-state index contributed by atoms with van der Waals surface area (Å²) in [6.45, 7) is 2.22. The summed E-state index contributed by atoms with van der Waals surface area (Å²) < 4.78 is 2.15. The van der Waals surface area contributed by atoms with Crippen molar-refractivity contribution in [3.8, 4) is 0 Å². The Labute approximate surface area is 133 Å². The molecule has 22 heavy (non-hydrogen) atoms. The minimum atomic E-state index is 0.208. The van der Waals surface area contributed by atoms with Gasteiger partial charge in [0, 0.05) is 44.9 Å². The van der Waals surface area contributed by atoms with E-state index in [9.17, 15) is 4.79 Å². The van der Waals surface area contributed by atoms with E-state index in [4.69, 9.17) is 0 Å². The first-order valence-electron chi connectivity index (χ1n) is 7.34. The largest absolute Gasteiger partial charge is 0.340 e. The number of fused-ring (bicyclic) bond motifs is 1. The molecule has 0 radical (unpaired) electrons. The van der Waals surface area contributed by atoms with Gasteiger partial charge in [-0.1, -0.05) is 6.07 Å². The summed E-state index contributed by atoms with van der Waals surface area (Å²) in [6, 6.07) is 3.97. The average molecular weight is 317 g/mol. The lowest BCUT2D eigenvalue weighted by Gasteiger charge is -2.19. The predicted octanol–water partition coefficient (Wildman–Crippen LogP) is 1.01. The Bertz CT molecular complexity index is 643. The van der Waals surface area contributed by atoms with Gasteiger partial charge in [0.1, 0.15) is 11.6 Å². The van der Waals surface area contributed by atoms with Crippen molar-refractivity contribution in [1.29, 1.82) is 0 Å². The Morgan fingerprint density at radius 3 is 3.00 bits per heavy atom. The molecule has 0 N–H and O–H groups in total. The maximum absolute atomic E-state index is 12.1. The van der Waals surface area contributed by atoms with Gasteiger partial charge in [-0.25, -0.2) is 0 Å². The van der Waals surface area contributed by atoms with Crippen molar-refractivity contribution in [2.75, 3.05) is 25.1 Å². The van der Waals surface area contributed by atoms with Crippen LogP contribution in [0.15, 0.2) is 24.5 Å². The van der Waals surface area contributed by atoms with E-state index in [2.05, 4.69) is 19.7 Å². The van der Waals surface area contributed by atoms with E-state index < -0.39 is 0 Å². The minimum Gasteiger partial charge on any atom is -0.340 e. The maximum Gasteiger partial charge on any atom is 0.232 e. The van der Waals surface area contributed by atoms with Crippen LogP contribution in [0, 0.1) is 0 Å². The molecule has 2 aromatic heterocycles. The third-order valence-corrected chi connectivity index (χ3v) is 4.34.